The van der Waals surface area contributed by atoms with Crippen molar-refractivity contribution in [3.8, 4) is 0 Å². The summed E-state index contributed by atoms with van der Waals surface area (Å²) in [5, 5.41) is 9.04. The van der Waals surface area contributed by atoms with Crippen LogP contribution in [0.3, 0.4) is 0 Å². The molecule has 19 heavy (non-hydrogen) atoms. The van der Waals surface area contributed by atoms with E-state index in [0.29, 0.717) is 25.2 Å². The molecule has 0 aromatic heterocycles. The van der Waals surface area contributed by atoms with Gasteiger partial charge in [-0.05, 0) is 11.6 Å². The fourth-order valence-electron chi connectivity index (χ4n) is 2.15. The highest BCUT2D eigenvalue weighted by molar-refractivity contribution is 5.89. The predicted octanol–water partition coefficient (Wildman–Crippen LogP) is 3.04. The number of nitrogens with zero attached hydrogens (tertiary/aromatic N) is 1. The van der Waals surface area contributed by atoms with E-state index in [4.69, 9.17) is 5.11 Å². The number of hydrogen-bond donors (Lipinski definition) is 1. The number of carboxylic acids is 1. The van der Waals surface area contributed by atoms with Crippen molar-refractivity contribution in [2.45, 2.75) is 25.3 Å². The molecule has 1 aromatic carbocycles. The van der Waals surface area contributed by atoms with E-state index in [0.717, 1.165) is 0 Å². The van der Waals surface area contributed by atoms with Gasteiger partial charge in [-0.3, -0.25) is 4.90 Å². The maximum atomic E-state index is 13.0. The summed E-state index contributed by atoms with van der Waals surface area (Å²) in [6.45, 7) is 1.03. The summed E-state index contributed by atoms with van der Waals surface area (Å²) >= 11 is 0. The smallest absolute Gasteiger partial charge is 0.336 e. The summed E-state index contributed by atoms with van der Waals surface area (Å²) < 4.78 is 26.0. The standard InChI is InChI=1S/C13H15F2NO2.ClH/c14-13(15)5-7-16(8-6-13)9-10-3-1-2-4-11(10)12(17)18;/h1-4H,5-9H2,(H,17,18);1H. The van der Waals surface area contributed by atoms with E-state index < -0.39 is 11.9 Å². The Hall–Kier alpha value is -1.20. The lowest BCUT2D eigenvalue weighted by molar-refractivity contribution is -0.0567. The first kappa shape index (κ1) is 15.9. The highest BCUT2D eigenvalue weighted by Crippen LogP contribution is 2.28. The average molecular weight is 292 g/mol. The van der Waals surface area contributed by atoms with Crippen molar-refractivity contribution in [2.75, 3.05) is 13.1 Å². The molecule has 0 radical (unpaired) electrons. The molecule has 1 saturated heterocycles. The van der Waals surface area contributed by atoms with Crippen LogP contribution in [0.5, 0.6) is 0 Å². The number of piperidine rings is 1. The normalized spacial score (nSPS) is 18.6. The van der Waals surface area contributed by atoms with Crippen LogP contribution in [0.25, 0.3) is 0 Å². The molecule has 1 heterocycles. The average Bonchev–Trinajstić information content (AvgIpc) is 2.32. The molecule has 1 N–H and O–H groups in total. The van der Waals surface area contributed by atoms with Gasteiger partial charge in [0, 0.05) is 32.5 Å². The molecule has 0 unspecified atom stereocenters. The predicted molar refractivity (Wildman–Crippen MR) is 70.1 cm³/mol. The molecule has 3 nitrogen and oxygen atoms in total. The zero-order valence-corrected chi connectivity index (χ0v) is 11.1. The van der Waals surface area contributed by atoms with Crippen molar-refractivity contribution in [3.05, 3.63) is 35.4 Å². The first-order valence-corrected chi connectivity index (χ1v) is 5.89. The molecule has 0 saturated carbocycles. The quantitative estimate of drug-likeness (QED) is 0.930. The summed E-state index contributed by atoms with van der Waals surface area (Å²) in [7, 11) is 0. The van der Waals surface area contributed by atoms with E-state index >= 15 is 0 Å². The van der Waals surface area contributed by atoms with Crippen LogP contribution in [0, 0.1) is 0 Å². The van der Waals surface area contributed by atoms with Crippen molar-refractivity contribution in [1.82, 2.24) is 4.90 Å². The largest absolute Gasteiger partial charge is 0.478 e. The van der Waals surface area contributed by atoms with E-state index in [1.165, 1.54) is 6.07 Å². The first-order chi connectivity index (χ1) is 8.48. The third-order valence-corrected chi connectivity index (χ3v) is 3.23. The summed E-state index contributed by atoms with van der Waals surface area (Å²) in [6, 6.07) is 6.70. The molecule has 0 bridgehead atoms. The van der Waals surface area contributed by atoms with Crippen LogP contribution in [-0.2, 0) is 6.54 Å². The van der Waals surface area contributed by atoms with Gasteiger partial charge in [-0.25, -0.2) is 13.6 Å². The molecule has 0 amide bonds. The van der Waals surface area contributed by atoms with Gasteiger partial charge in [0.2, 0.25) is 0 Å². The number of hydrogen-bond acceptors (Lipinski definition) is 2. The van der Waals surface area contributed by atoms with Gasteiger partial charge >= 0.3 is 5.97 Å². The Balaban J connectivity index is 0.00000180. The van der Waals surface area contributed by atoms with Crippen LogP contribution in [0.2, 0.25) is 0 Å². The minimum absolute atomic E-state index is 0. The number of carbonyl (C=O) groups is 1. The molecular formula is C13H16ClF2NO2. The van der Waals surface area contributed by atoms with Crippen molar-refractivity contribution >= 4 is 18.4 Å². The van der Waals surface area contributed by atoms with Crippen molar-refractivity contribution in [1.29, 1.82) is 0 Å². The summed E-state index contributed by atoms with van der Waals surface area (Å²) in [5.41, 5.74) is 0.921. The van der Waals surface area contributed by atoms with Gasteiger partial charge in [-0.15, -0.1) is 12.4 Å². The summed E-state index contributed by atoms with van der Waals surface area (Å²) in [4.78, 5) is 12.9. The second-order valence-electron chi connectivity index (χ2n) is 4.59. The fraction of sp³-hybridized carbons (Fsp3) is 0.462. The second-order valence-corrected chi connectivity index (χ2v) is 4.59. The Bertz CT molecular complexity index is 444. The molecular weight excluding hydrogens is 276 g/mol. The van der Waals surface area contributed by atoms with Crippen LogP contribution in [0.15, 0.2) is 24.3 Å². The minimum atomic E-state index is -2.57. The maximum absolute atomic E-state index is 13.0. The number of rotatable bonds is 3. The van der Waals surface area contributed by atoms with Gasteiger partial charge in [-0.2, -0.15) is 0 Å². The lowest BCUT2D eigenvalue weighted by atomic mass is 10.0. The number of carboxylic acid groups (broad SMARTS) is 1. The Labute approximate surface area is 116 Å². The molecule has 6 heteroatoms. The highest BCUT2D eigenvalue weighted by atomic mass is 35.5. The second kappa shape index (κ2) is 6.30. The van der Waals surface area contributed by atoms with Gasteiger partial charge in [-0.1, -0.05) is 18.2 Å². The Morgan fingerprint density at radius 2 is 1.84 bits per heavy atom. The lowest BCUT2D eigenvalue weighted by Crippen LogP contribution is -2.39. The van der Waals surface area contributed by atoms with E-state index in [2.05, 4.69) is 0 Å². The number of alkyl halides is 2. The molecule has 1 aliphatic rings. The first-order valence-electron chi connectivity index (χ1n) is 5.89. The van der Waals surface area contributed by atoms with E-state index in [1.54, 1.807) is 18.2 Å². The van der Waals surface area contributed by atoms with Crippen LogP contribution in [0.1, 0.15) is 28.8 Å². The number of likely N-dealkylation sites (tertiary alicyclic amines) is 1. The topological polar surface area (TPSA) is 40.5 Å². The van der Waals surface area contributed by atoms with Crippen LogP contribution < -0.4 is 0 Å². The number of aromatic carboxylic acids is 1. The van der Waals surface area contributed by atoms with Gasteiger partial charge in [0.15, 0.2) is 0 Å². The van der Waals surface area contributed by atoms with Crippen LogP contribution in [-0.4, -0.2) is 35.0 Å². The Kier molecular flexibility index (Phi) is 5.26. The monoisotopic (exact) mass is 291 g/mol. The summed E-state index contributed by atoms with van der Waals surface area (Å²) in [5.74, 6) is -3.55. The highest BCUT2D eigenvalue weighted by Gasteiger charge is 2.34. The molecule has 1 aromatic rings. The Morgan fingerprint density at radius 1 is 1.26 bits per heavy atom. The molecule has 1 aliphatic heterocycles. The van der Waals surface area contributed by atoms with Crippen LogP contribution in [0.4, 0.5) is 8.78 Å². The number of benzene rings is 1. The van der Waals surface area contributed by atoms with Gasteiger partial charge in [0.05, 0.1) is 5.56 Å². The van der Waals surface area contributed by atoms with Gasteiger partial charge in [0.25, 0.3) is 5.92 Å². The van der Waals surface area contributed by atoms with Gasteiger partial charge in [0.1, 0.15) is 0 Å². The zero-order valence-electron chi connectivity index (χ0n) is 10.3. The van der Waals surface area contributed by atoms with E-state index in [9.17, 15) is 13.6 Å². The van der Waals surface area contributed by atoms with Crippen molar-refractivity contribution < 1.29 is 18.7 Å². The SMILES string of the molecule is Cl.O=C(O)c1ccccc1CN1CCC(F)(F)CC1. The molecule has 0 atom stereocenters. The third kappa shape index (κ3) is 4.14. The van der Waals surface area contributed by atoms with Crippen molar-refractivity contribution in [3.63, 3.8) is 0 Å². The number of halogens is 3. The third-order valence-electron chi connectivity index (χ3n) is 3.23. The Morgan fingerprint density at radius 3 is 2.42 bits per heavy atom. The lowest BCUT2D eigenvalue weighted by Gasteiger charge is -2.31. The molecule has 2 rings (SSSR count). The van der Waals surface area contributed by atoms with Crippen molar-refractivity contribution in [2.24, 2.45) is 0 Å². The van der Waals surface area contributed by atoms with Crippen LogP contribution >= 0.6 is 12.4 Å². The maximum Gasteiger partial charge on any atom is 0.336 e. The van der Waals surface area contributed by atoms with E-state index in [-0.39, 0.29) is 30.8 Å². The molecule has 1 fully saturated rings. The minimum Gasteiger partial charge on any atom is -0.478 e. The molecule has 0 spiro atoms. The summed E-state index contributed by atoms with van der Waals surface area (Å²) in [6.07, 6.45) is -0.301. The molecule has 0 aliphatic carbocycles. The zero-order chi connectivity index (χ0) is 13.2. The van der Waals surface area contributed by atoms with Gasteiger partial charge < -0.3 is 5.11 Å². The molecule has 106 valence electrons. The fourth-order valence-corrected chi connectivity index (χ4v) is 2.15. The van der Waals surface area contributed by atoms with E-state index in [1.807, 2.05) is 4.90 Å².